The molecule has 3 aliphatic heterocycles. The highest BCUT2D eigenvalue weighted by Crippen LogP contribution is 2.51. The Labute approximate surface area is 164 Å². The Hall–Kier alpha value is -1.97. The van der Waals surface area contributed by atoms with Crippen LogP contribution in [0.3, 0.4) is 0 Å². The summed E-state index contributed by atoms with van der Waals surface area (Å²) in [5, 5.41) is 5.68. The Balaban J connectivity index is 1.18. The smallest absolute Gasteiger partial charge is 0.320 e. The summed E-state index contributed by atoms with van der Waals surface area (Å²) in [7, 11) is -3.51. The molecule has 4 aliphatic rings. The number of hydrogen-bond acceptors (Lipinski definition) is 5. The van der Waals surface area contributed by atoms with Crippen LogP contribution in [0.2, 0.25) is 0 Å². The Morgan fingerprint density at radius 3 is 2.64 bits per heavy atom. The zero-order valence-electron chi connectivity index (χ0n) is 15.5. The quantitative estimate of drug-likeness (QED) is 0.744. The molecular weight excluding hydrogens is 380 g/mol. The number of aromatic nitrogens is 1. The standard InChI is InChI=1S/C19H24N4O4S/c24-19(21-14-10-13-15-5-6-16(27-15)18(13)14)22-17-7-4-12(11-20-17)28(25,26)23-8-2-1-3-9-23/h4-7,11,13-16,18H,1-3,8-10H2,(H2,20,21,22,24)/t13-,14+,15-,16+,18+/m0/s1. The number of hydrogen-bond donors (Lipinski definition) is 2. The average molecular weight is 404 g/mol. The Morgan fingerprint density at radius 1 is 1.14 bits per heavy atom. The third kappa shape index (κ3) is 3.01. The van der Waals surface area contributed by atoms with Crippen molar-refractivity contribution in [1.82, 2.24) is 14.6 Å². The van der Waals surface area contributed by atoms with Gasteiger partial charge in [0.25, 0.3) is 0 Å². The molecule has 28 heavy (non-hydrogen) atoms. The molecule has 9 heteroatoms. The Morgan fingerprint density at radius 2 is 1.93 bits per heavy atom. The first-order chi connectivity index (χ1) is 13.5. The lowest BCUT2D eigenvalue weighted by molar-refractivity contribution is 0.108. The van der Waals surface area contributed by atoms with Gasteiger partial charge in [-0.1, -0.05) is 18.6 Å². The molecule has 2 saturated heterocycles. The van der Waals surface area contributed by atoms with Crippen molar-refractivity contribution >= 4 is 21.9 Å². The number of sulfonamides is 1. The van der Waals surface area contributed by atoms with Gasteiger partial charge in [-0.15, -0.1) is 0 Å². The number of piperidine rings is 1. The van der Waals surface area contributed by atoms with Gasteiger partial charge in [0.15, 0.2) is 0 Å². The molecule has 1 aromatic rings. The molecule has 4 heterocycles. The van der Waals surface area contributed by atoms with Gasteiger partial charge in [-0.2, -0.15) is 4.31 Å². The molecule has 3 fully saturated rings. The fourth-order valence-corrected chi connectivity index (χ4v) is 6.29. The number of rotatable bonds is 4. The van der Waals surface area contributed by atoms with Crippen LogP contribution in [-0.4, -0.2) is 55.1 Å². The van der Waals surface area contributed by atoms with E-state index >= 15 is 0 Å². The van der Waals surface area contributed by atoms with Crippen LogP contribution in [-0.2, 0) is 14.8 Å². The lowest BCUT2D eigenvalue weighted by Gasteiger charge is -2.43. The minimum absolute atomic E-state index is 0.101. The van der Waals surface area contributed by atoms with Crippen molar-refractivity contribution in [2.75, 3.05) is 18.4 Å². The van der Waals surface area contributed by atoms with Gasteiger partial charge in [0.2, 0.25) is 10.0 Å². The first-order valence-corrected chi connectivity index (χ1v) is 11.3. The molecule has 0 radical (unpaired) electrons. The van der Waals surface area contributed by atoms with Gasteiger partial charge in [-0.25, -0.2) is 18.2 Å². The maximum absolute atomic E-state index is 12.7. The summed E-state index contributed by atoms with van der Waals surface area (Å²) >= 11 is 0. The molecule has 8 nitrogen and oxygen atoms in total. The molecule has 2 N–H and O–H groups in total. The van der Waals surface area contributed by atoms with Crippen LogP contribution in [0.15, 0.2) is 35.4 Å². The SMILES string of the molecule is O=C(Nc1ccc(S(=O)(=O)N2CCCCC2)cn1)N[C@@H]1C[C@@H]2[C@H]1[C@H]1C=C[C@@H]2O1. The average Bonchev–Trinajstić information content (AvgIpc) is 3.24. The predicted molar refractivity (Wildman–Crippen MR) is 102 cm³/mol. The number of nitrogens with one attached hydrogen (secondary N) is 2. The highest BCUT2D eigenvalue weighted by atomic mass is 32.2. The van der Waals surface area contributed by atoms with Crippen LogP contribution in [0, 0.1) is 11.8 Å². The van der Waals surface area contributed by atoms with Gasteiger partial charge in [-0.05, 0) is 37.3 Å². The second-order valence-corrected chi connectivity index (χ2v) is 9.91. The molecule has 5 rings (SSSR count). The minimum Gasteiger partial charge on any atom is -0.366 e. The Kier molecular flexibility index (Phi) is 4.41. The van der Waals surface area contributed by atoms with Gasteiger partial charge >= 0.3 is 6.03 Å². The van der Waals surface area contributed by atoms with Gasteiger partial charge in [-0.3, -0.25) is 5.32 Å². The topological polar surface area (TPSA) is 101 Å². The largest absolute Gasteiger partial charge is 0.366 e. The van der Waals surface area contributed by atoms with E-state index in [1.807, 2.05) is 0 Å². The molecule has 2 bridgehead atoms. The summed E-state index contributed by atoms with van der Waals surface area (Å²) in [5.41, 5.74) is 0. The van der Waals surface area contributed by atoms with Crippen LogP contribution >= 0.6 is 0 Å². The van der Waals surface area contributed by atoms with Crippen LogP contribution in [0.4, 0.5) is 10.6 Å². The van der Waals surface area contributed by atoms with E-state index < -0.39 is 10.0 Å². The van der Waals surface area contributed by atoms with E-state index in [0.29, 0.717) is 30.7 Å². The van der Waals surface area contributed by atoms with Crippen molar-refractivity contribution in [3.8, 4) is 0 Å². The molecular formula is C19H24N4O4S. The summed E-state index contributed by atoms with van der Waals surface area (Å²) in [5.74, 6) is 1.19. The molecule has 1 aliphatic carbocycles. The van der Waals surface area contributed by atoms with Gasteiger partial charge < -0.3 is 10.1 Å². The minimum atomic E-state index is -3.51. The molecule has 0 unspecified atom stereocenters. The number of nitrogens with zero attached hydrogens (tertiary/aromatic N) is 2. The zero-order valence-corrected chi connectivity index (χ0v) is 16.3. The number of pyridine rings is 1. The monoisotopic (exact) mass is 404 g/mol. The number of anilines is 1. The highest BCUT2D eigenvalue weighted by Gasteiger charge is 2.56. The molecule has 1 saturated carbocycles. The van der Waals surface area contributed by atoms with Crippen LogP contribution < -0.4 is 10.6 Å². The van der Waals surface area contributed by atoms with E-state index in [1.165, 1.54) is 22.6 Å². The number of urea groups is 1. The van der Waals surface area contributed by atoms with Gasteiger partial charge in [0.1, 0.15) is 10.7 Å². The van der Waals surface area contributed by atoms with E-state index in [0.717, 1.165) is 25.7 Å². The van der Waals surface area contributed by atoms with Gasteiger partial charge in [0, 0.05) is 31.2 Å². The predicted octanol–water partition coefficient (Wildman–Crippen LogP) is 1.72. The lowest BCUT2D eigenvalue weighted by Crippen LogP contribution is -2.56. The first-order valence-electron chi connectivity index (χ1n) is 9.90. The molecule has 150 valence electrons. The maximum Gasteiger partial charge on any atom is 0.320 e. The Bertz CT molecular complexity index is 895. The number of carbonyl (C=O) groups is 1. The van der Waals surface area contributed by atoms with Crippen molar-refractivity contribution < 1.29 is 17.9 Å². The second kappa shape index (κ2) is 6.82. The number of amides is 2. The summed E-state index contributed by atoms with van der Waals surface area (Å²) < 4.78 is 32.6. The van der Waals surface area contributed by atoms with E-state index in [1.54, 1.807) is 0 Å². The maximum atomic E-state index is 12.7. The molecule has 0 spiro atoms. The lowest BCUT2D eigenvalue weighted by atomic mass is 9.64. The van der Waals surface area contributed by atoms with E-state index in [4.69, 9.17) is 4.74 Å². The van der Waals surface area contributed by atoms with Crippen LogP contribution in [0.1, 0.15) is 25.7 Å². The molecule has 0 aromatic carbocycles. The zero-order chi connectivity index (χ0) is 19.3. The van der Waals surface area contributed by atoms with Crippen molar-refractivity contribution in [3.05, 3.63) is 30.5 Å². The second-order valence-electron chi connectivity index (χ2n) is 7.98. The number of ether oxygens (including phenoxy) is 1. The third-order valence-electron chi connectivity index (χ3n) is 6.34. The van der Waals surface area contributed by atoms with E-state index in [9.17, 15) is 13.2 Å². The van der Waals surface area contributed by atoms with E-state index in [2.05, 4.69) is 27.8 Å². The summed E-state index contributed by atoms with van der Waals surface area (Å²) in [6.45, 7) is 1.10. The third-order valence-corrected chi connectivity index (χ3v) is 8.22. The van der Waals surface area contributed by atoms with Crippen molar-refractivity contribution in [3.63, 3.8) is 0 Å². The molecule has 2 amide bonds. The fraction of sp³-hybridized carbons (Fsp3) is 0.579. The summed E-state index contributed by atoms with van der Waals surface area (Å²) in [6, 6.07) is 2.81. The summed E-state index contributed by atoms with van der Waals surface area (Å²) in [6.07, 6.45) is 9.60. The van der Waals surface area contributed by atoms with Crippen molar-refractivity contribution in [2.45, 2.75) is 48.8 Å². The van der Waals surface area contributed by atoms with Crippen LogP contribution in [0.25, 0.3) is 0 Å². The van der Waals surface area contributed by atoms with Crippen molar-refractivity contribution in [1.29, 1.82) is 0 Å². The molecule has 5 atom stereocenters. The van der Waals surface area contributed by atoms with Gasteiger partial charge in [0.05, 0.1) is 12.2 Å². The van der Waals surface area contributed by atoms with Crippen LogP contribution in [0.5, 0.6) is 0 Å². The van der Waals surface area contributed by atoms with E-state index in [-0.39, 0.29) is 29.2 Å². The molecule has 1 aromatic heterocycles. The number of fused-ring (bicyclic) bond motifs is 5. The normalized spacial score (nSPS) is 33.9. The highest BCUT2D eigenvalue weighted by molar-refractivity contribution is 7.89. The first kappa shape index (κ1) is 18.1. The fourth-order valence-electron chi connectivity index (χ4n) is 4.83. The number of carbonyl (C=O) groups excluding carboxylic acids is 1. The summed E-state index contributed by atoms with van der Waals surface area (Å²) in [4.78, 5) is 16.6. The van der Waals surface area contributed by atoms with Crippen molar-refractivity contribution in [2.24, 2.45) is 11.8 Å².